The summed E-state index contributed by atoms with van der Waals surface area (Å²) in [7, 11) is 0. The molecule has 0 radical (unpaired) electrons. The molecule has 6 nitrogen and oxygen atoms in total. The van der Waals surface area contributed by atoms with Crippen molar-refractivity contribution in [2.75, 3.05) is 26.3 Å². The molecule has 156 valence electrons. The van der Waals surface area contributed by atoms with Gasteiger partial charge in [-0.2, -0.15) is 0 Å². The summed E-state index contributed by atoms with van der Waals surface area (Å²) in [5.41, 5.74) is 2.61. The molecule has 6 heteroatoms. The van der Waals surface area contributed by atoms with Gasteiger partial charge in [0, 0.05) is 42.8 Å². The minimum Gasteiger partial charge on any atom is -0.451 e. The summed E-state index contributed by atoms with van der Waals surface area (Å²) in [4.78, 5) is 19.3. The molecular weight excluding hydrogens is 380 g/mol. The van der Waals surface area contributed by atoms with Crippen molar-refractivity contribution >= 4 is 16.9 Å². The van der Waals surface area contributed by atoms with E-state index in [0.29, 0.717) is 43.9 Å². The molecule has 1 amide bonds. The second-order valence-corrected chi connectivity index (χ2v) is 8.22. The number of pyridine rings is 1. The van der Waals surface area contributed by atoms with Gasteiger partial charge < -0.3 is 18.8 Å². The standard InChI is InChI=1S/C24H26N2O4/c1-16-19-7-2-3-8-21(19)30-23(16)24(27)26-12-20-17(14-29-22(20)13-26)9-11-28-15-18-6-4-5-10-25-18/h2-8,10,17,20,22H,9,11-15H2,1H3/t17-,20-,22-/m0/s1. The smallest absolute Gasteiger partial charge is 0.289 e. The summed E-state index contributed by atoms with van der Waals surface area (Å²) in [5, 5.41) is 0.999. The zero-order valence-corrected chi connectivity index (χ0v) is 17.1. The summed E-state index contributed by atoms with van der Waals surface area (Å²) >= 11 is 0. The molecule has 2 fully saturated rings. The van der Waals surface area contributed by atoms with Crippen molar-refractivity contribution in [3.05, 3.63) is 65.7 Å². The van der Waals surface area contributed by atoms with Gasteiger partial charge in [0.2, 0.25) is 0 Å². The van der Waals surface area contributed by atoms with Crippen LogP contribution in [-0.4, -0.2) is 48.2 Å². The second kappa shape index (κ2) is 8.20. The first-order valence-electron chi connectivity index (χ1n) is 10.6. The number of hydrogen-bond acceptors (Lipinski definition) is 5. The van der Waals surface area contributed by atoms with E-state index in [1.807, 2.05) is 54.3 Å². The molecule has 0 N–H and O–H groups in total. The molecule has 30 heavy (non-hydrogen) atoms. The van der Waals surface area contributed by atoms with Crippen molar-refractivity contribution in [2.24, 2.45) is 11.8 Å². The highest BCUT2D eigenvalue weighted by Crippen LogP contribution is 2.37. The van der Waals surface area contributed by atoms with Crippen LogP contribution >= 0.6 is 0 Å². The number of benzene rings is 1. The monoisotopic (exact) mass is 406 g/mol. The molecular formula is C24H26N2O4. The van der Waals surface area contributed by atoms with E-state index in [1.165, 1.54) is 0 Å². The summed E-state index contributed by atoms with van der Waals surface area (Å²) in [6.45, 7) is 5.24. The number of carbonyl (C=O) groups excluding carboxylic acids is 1. The normalized spacial score (nSPS) is 23.2. The van der Waals surface area contributed by atoms with Crippen molar-refractivity contribution in [3.8, 4) is 0 Å². The highest BCUT2D eigenvalue weighted by molar-refractivity contribution is 5.99. The Labute approximate surface area is 175 Å². The Balaban J connectivity index is 1.18. The maximum absolute atomic E-state index is 13.1. The zero-order valence-electron chi connectivity index (χ0n) is 17.1. The first-order valence-corrected chi connectivity index (χ1v) is 10.6. The average molecular weight is 406 g/mol. The highest BCUT2D eigenvalue weighted by atomic mass is 16.5. The van der Waals surface area contributed by atoms with E-state index in [-0.39, 0.29) is 12.0 Å². The van der Waals surface area contributed by atoms with Crippen molar-refractivity contribution in [1.82, 2.24) is 9.88 Å². The Kier molecular flexibility index (Phi) is 5.27. The van der Waals surface area contributed by atoms with Gasteiger partial charge in [0.15, 0.2) is 5.76 Å². The molecule has 0 aliphatic carbocycles. The van der Waals surface area contributed by atoms with Gasteiger partial charge in [-0.25, -0.2) is 0 Å². The van der Waals surface area contributed by atoms with E-state index in [9.17, 15) is 4.79 Å². The third-order valence-electron chi connectivity index (χ3n) is 6.37. The Morgan fingerprint density at radius 3 is 2.90 bits per heavy atom. The van der Waals surface area contributed by atoms with Gasteiger partial charge in [0.05, 0.1) is 25.0 Å². The third-order valence-corrected chi connectivity index (χ3v) is 6.37. The van der Waals surface area contributed by atoms with Crippen LogP contribution in [0.3, 0.4) is 0 Å². The predicted octanol–water partition coefficient (Wildman–Crippen LogP) is 3.83. The summed E-state index contributed by atoms with van der Waals surface area (Å²) in [6.07, 6.45) is 2.82. The van der Waals surface area contributed by atoms with Crippen molar-refractivity contribution in [1.29, 1.82) is 0 Å². The van der Waals surface area contributed by atoms with Crippen LogP contribution in [0.15, 0.2) is 53.1 Å². The number of amides is 1. The SMILES string of the molecule is Cc1c(C(=O)N2C[C@H]3[C@@H](CCOCc4ccccn4)CO[C@H]3C2)oc2ccccc12. The van der Waals surface area contributed by atoms with Gasteiger partial charge in [-0.05, 0) is 37.5 Å². The van der Waals surface area contributed by atoms with Gasteiger partial charge in [-0.3, -0.25) is 9.78 Å². The molecule has 2 aliphatic heterocycles. The molecule has 5 rings (SSSR count). The van der Waals surface area contributed by atoms with Crippen LogP contribution in [0.2, 0.25) is 0 Å². The number of fused-ring (bicyclic) bond motifs is 2. The number of aromatic nitrogens is 1. The van der Waals surface area contributed by atoms with E-state index in [1.54, 1.807) is 6.20 Å². The van der Waals surface area contributed by atoms with Crippen LogP contribution in [0.4, 0.5) is 0 Å². The Morgan fingerprint density at radius 2 is 2.07 bits per heavy atom. The Morgan fingerprint density at radius 1 is 1.20 bits per heavy atom. The lowest BCUT2D eigenvalue weighted by atomic mass is 9.91. The van der Waals surface area contributed by atoms with E-state index >= 15 is 0 Å². The molecule has 0 spiro atoms. The molecule has 2 aromatic heterocycles. The fourth-order valence-corrected chi connectivity index (χ4v) is 4.68. The van der Waals surface area contributed by atoms with Crippen LogP contribution < -0.4 is 0 Å². The molecule has 0 saturated carbocycles. The lowest BCUT2D eigenvalue weighted by molar-refractivity contribution is 0.0625. The Hall–Kier alpha value is -2.70. The largest absolute Gasteiger partial charge is 0.451 e. The first-order chi connectivity index (χ1) is 14.7. The number of carbonyl (C=O) groups is 1. The van der Waals surface area contributed by atoms with Gasteiger partial charge in [-0.1, -0.05) is 24.3 Å². The number of nitrogens with zero attached hydrogens (tertiary/aromatic N) is 2. The van der Waals surface area contributed by atoms with Crippen molar-refractivity contribution < 1.29 is 18.7 Å². The summed E-state index contributed by atoms with van der Waals surface area (Å²) in [6, 6.07) is 13.6. The van der Waals surface area contributed by atoms with Crippen LogP contribution in [-0.2, 0) is 16.1 Å². The number of para-hydroxylation sites is 1. The molecule has 4 heterocycles. The van der Waals surface area contributed by atoms with Crippen LogP contribution in [0, 0.1) is 18.8 Å². The van der Waals surface area contributed by atoms with Crippen LogP contribution in [0.5, 0.6) is 0 Å². The van der Waals surface area contributed by atoms with Gasteiger partial charge in [-0.15, -0.1) is 0 Å². The van der Waals surface area contributed by atoms with Gasteiger partial charge in [0.1, 0.15) is 5.58 Å². The lowest BCUT2D eigenvalue weighted by Gasteiger charge is -2.19. The van der Waals surface area contributed by atoms with E-state index in [2.05, 4.69) is 4.98 Å². The number of ether oxygens (including phenoxy) is 2. The molecule has 0 bridgehead atoms. The minimum atomic E-state index is -0.0353. The van der Waals surface area contributed by atoms with E-state index < -0.39 is 0 Å². The quantitative estimate of drug-likeness (QED) is 0.582. The number of furan rings is 1. The van der Waals surface area contributed by atoms with Crippen LogP contribution in [0.25, 0.3) is 11.0 Å². The molecule has 3 atom stereocenters. The third kappa shape index (κ3) is 3.61. The van der Waals surface area contributed by atoms with Crippen molar-refractivity contribution in [2.45, 2.75) is 26.1 Å². The Bertz CT molecular complexity index is 1030. The maximum atomic E-state index is 13.1. The second-order valence-electron chi connectivity index (χ2n) is 8.22. The first kappa shape index (κ1) is 19.3. The predicted molar refractivity (Wildman–Crippen MR) is 112 cm³/mol. The van der Waals surface area contributed by atoms with E-state index in [0.717, 1.165) is 35.3 Å². The van der Waals surface area contributed by atoms with Crippen LogP contribution in [0.1, 0.15) is 28.2 Å². The van der Waals surface area contributed by atoms with Gasteiger partial charge in [0.25, 0.3) is 5.91 Å². The summed E-state index contributed by atoms with van der Waals surface area (Å²) in [5.74, 6) is 1.18. The number of aryl methyl sites for hydroxylation is 1. The summed E-state index contributed by atoms with van der Waals surface area (Å²) < 4.78 is 17.7. The molecule has 2 aliphatic rings. The number of likely N-dealkylation sites (tertiary alicyclic amines) is 1. The topological polar surface area (TPSA) is 64.8 Å². The molecule has 2 saturated heterocycles. The molecule has 3 aromatic rings. The zero-order chi connectivity index (χ0) is 20.5. The molecule has 1 aromatic carbocycles. The maximum Gasteiger partial charge on any atom is 0.289 e. The fourth-order valence-electron chi connectivity index (χ4n) is 4.68. The van der Waals surface area contributed by atoms with Crippen molar-refractivity contribution in [3.63, 3.8) is 0 Å². The van der Waals surface area contributed by atoms with Gasteiger partial charge >= 0.3 is 0 Å². The number of hydrogen-bond donors (Lipinski definition) is 0. The average Bonchev–Trinajstić information content (AvgIpc) is 3.45. The highest BCUT2D eigenvalue weighted by Gasteiger charge is 2.45. The fraction of sp³-hybridized carbons (Fsp3) is 0.417. The minimum absolute atomic E-state index is 0.0353. The van der Waals surface area contributed by atoms with E-state index in [4.69, 9.17) is 13.9 Å². The molecule has 0 unspecified atom stereocenters. The lowest BCUT2D eigenvalue weighted by Crippen LogP contribution is -2.31. The number of rotatable bonds is 6.